The van der Waals surface area contributed by atoms with Gasteiger partial charge in [-0.05, 0) is 46.2 Å². The van der Waals surface area contributed by atoms with Crippen LogP contribution >= 0.6 is 11.6 Å². The average Bonchev–Trinajstić information content (AvgIpc) is 2.71. The third-order valence-corrected chi connectivity index (χ3v) is 5.31. The third-order valence-electron chi connectivity index (χ3n) is 5.01. The van der Waals surface area contributed by atoms with Gasteiger partial charge >= 0.3 is 0 Å². The van der Waals surface area contributed by atoms with E-state index in [1.54, 1.807) is 6.07 Å². The van der Waals surface area contributed by atoms with E-state index >= 15 is 4.39 Å². The first kappa shape index (κ1) is 18.6. The monoisotopic (exact) mass is 392 g/mol. The first-order valence-corrected chi connectivity index (χ1v) is 9.71. The lowest BCUT2D eigenvalue weighted by atomic mass is 9.96. The summed E-state index contributed by atoms with van der Waals surface area (Å²) in [5.41, 5.74) is 4.15. The maximum absolute atomic E-state index is 15.1. The molecule has 0 aliphatic rings. The second-order valence-corrected chi connectivity index (χ2v) is 7.35. The predicted molar refractivity (Wildman–Crippen MR) is 114 cm³/mol. The third kappa shape index (κ3) is 3.53. The second-order valence-electron chi connectivity index (χ2n) is 6.94. The van der Waals surface area contributed by atoms with Crippen molar-refractivity contribution in [1.29, 1.82) is 0 Å². The van der Waals surface area contributed by atoms with Crippen molar-refractivity contribution in [1.82, 2.24) is 0 Å². The predicted octanol–water partition coefficient (Wildman–Crippen LogP) is 8.06. The van der Waals surface area contributed by atoms with Crippen LogP contribution in [-0.4, -0.2) is 0 Å². The molecule has 3 heteroatoms. The normalized spacial score (nSPS) is 11.1. The van der Waals surface area contributed by atoms with Gasteiger partial charge < -0.3 is 0 Å². The van der Waals surface area contributed by atoms with Crippen LogP contribution in [0.15, 0.2) is 72.8 Å². The highest BCUT2D eigenvalue weighted by Gasteiger charge is 2.11. The summed E-state index contributed by atoms with van der Waals surface area (Å²) < 4.78 is 28.8. The molecule has 0 fully saturated rings. The van der Waals surface area contributed by atoms with E-state index in [9.17, 15) is 4.39 Å². The molecule has 0 radical (unpaired) electrons. The van der Waals surface area contributed by atoms with Crippen molar-refractivity contribution in [3.63, 3.8) is 0 Å². The molecule has 0 nitrogen and oxygen atoms in total. The Bertz CT molecular complexity index is 1150. The molecule has 4 rings (SSSR count). The molecule has 0 spiro atoms. The Hall–Kier alpha value is -2.71. The van der Waals surface area contributed by atoms with Crippen molar-refractivity contribution in [3.8, 4) is 22.3 Å². The summed E-state index contributed by atoms with van der Waals surface area (Å²) >= 11 is 5.75. The quantitative estimate of drug-likeness (QED) is 0.329. The first-order valence-electron chi connectivity index (χ1n) is 9.34. The summed E-state index contributed by atoms with van der Waals surface area (Å²) in [5.74, 6) is -0.669. The SMILES string of the molecule is CCCc1ccc2c(F)c(-c3ccc(-c4ccc(Cl)c(F)c4)cc3)ccc2c1. The van der Waals surface area contributed by atoms with Gasteiger partial charge in [-0.3, -0.25) is 0 Å². The fourth-order valence-electron chi connectivity index (χ4n) is 3.53. The zero-order valence-electron chi connectivity index (χ0n) is 15.5. The van der Waals surface area contributed by atoms with Crippen molar-refractivity contribution in [2.45, 2.75) is 19.8 Å². The minimum atomic E-state index is -0.453. The molecule has 0 atom stereocenters. The van der Waals surface area contributed by atoms with Gasteiger partial charge in [0.15, 0.2) is 0 Å². The van der Waals surface area contributed by atoms with Crippen LogP contribution in [0.1, 0.15) is 18.9 Å². The van der Waals surface area contributed by atoms with Gasteiger partial charge in [0.1, 0.15) is 11.6 Å². The van der Waals surface area contributed by atoms with Crippen LogP contribution in [0, 0.1) is 11.6 Å². The molecule has 0 N–H and O–H groups in total. The Morgan fingerprint density at radius 2 is 1.46 bits per heavy atom. The summed E-state index contributed by atoms with van der Waals surface area (Å²) in [7, 11) is 0. The molecule has 0 aliphatic carbocycles. The molecule has 0 heterocycles. The second kappa shape index (κ2) is 7.73. The van der Waals surface area contributed by atoms with Crippen LogP contribution in [0.3, 0.4) is 0 Å². The van der Waals surface area contributed by atoms with E-state index < -0.39 is 5.82 Å². The highest BCUT2D eigenvalue weighted by atomic mass is 35.5. The van der Waals surface area contributed by atoms with Gasteiger partial charge in [0.05, 0.1) is 5.02 Å². The van der Waals surface area contributed by atoms with Crippen molar-refractivity contribution in [2.24, 2.45) is 0 Å². The van der Waals surface area contributed by atoms with Gasteiger partial charge in [0, 0.05) is 10.9 Å². The number of benzene rings is 4. The van der Waals surface area contributed by atoms with Gasteiger partial charge in [-0.1, -0.05) is 85.6 Å². The number of hydrogen-bond donors (Lipinski definition) is 0. The molecule has 0 aromatic heterocycles. The summed E-state index contributed by atoms with van der Waals surface area (Å²) in [6, 6.07) is 21.9. The molecule has 0 saturated carbocycles. The number of hydrogen-bond acceptors (Lipinski definition) is 0. The number of fused-ring (bicyclic) bond motifs is 1. The van der Waals surface area contributed by atoms with Gasteiger partial charge in [0.25, 0.3) is 0 Å². The largest absolute Gasteiger partial charge is 0.206 e. The van der Waals surface area contributed by atoms with Gasteiger partial charge in [-0.25, -0.2) is 8.78 Å². The molecule has 28 heavy (non-hydrogen) atoms. The summed E-state index contributed by atoms with van der Waals surface area (Å²) in [6.07, 6.45) is 2.06. The fraction of sp³-hybridized carbons (Fsp3) is 0.120. The Labute approximate surface area is 168 Å². The van der Waals surface area contributed by atoms with Crippen LogP contribution < -0.4 is 0 Å². The Balaban J connectivity index is 1.70. The highest BCUT2D eigenvalue weighted by molar-refractivity contribution is 6.30. The van der Waals surface area contributed by atoms with E-state index in [0.717, 1.165) is 34.9 Å². The number of rotatable bonds is 4. The van der Waals surface area contributed by atoms with Crippen molar-refractivity contribution < 1.29 is 8.78 Å². The van der Waals surface area contributed by atoms with E-state index in [1.165, 1.54) is 17.7 Å². The molecular weight excluding hydrogens is 374 g/mol. The van der Waals surface area contributed by atoms with E-state index in [2.05, 4.69) is 13.0 Å². The van der Waals surface area contributed by atoms with E-state index in [4.69, 9.17) is 11.6 Å². The Morgan fingerprint density at radius 1 is 0.750 bits per heavy atom. The van der Waals surface area contributed by atoms with Crippen molar-refractivity contribution in [2.75, 3.05) is 0 Å². The van der Waals surface area contributed by atoms with Crippen molar-refractivity contribution >= 4 is 22.4 Å². The van der Waals surface area contributed by atoms with Crippen LogP contribution in [0.4, 0.5) is 8.78 Å². The number of halogens is 3. The van der Waals surface area contributed by atoms with Gasteiger partial charge in [-0.2, -0.15) is 0 Å². The van der Waals surface area contributed by atoms with Crippen LogP contribution in [0.2, 0.25) is 5.02 Å². The van der Waals surface area contributed by atoms with Crippen LogP contribution in [-0.2, 0) is 6.42 Å². The summed E-state index contributed by atoms with van der Waals surface area (Å²) in [4.78, 5) is 0. The average molecular weight is 393 g/mol. The molecule has 0 aliphatic heterocycles. The minimum Gasteiger partial charge on any atom is -0.206 e. The topological polar surface area (TPSA) is 0 Å². The highest BCUT2D eigenvalue weighted by Crippen LogP contribution is 2.32. The standard InChI is InChI=1S/C25H19ClF2/c1-2-3-16-4-11-22-20(14-16)9-12-21(25(22)28)18-7-5-17(6-8-18)19-10-13-23(26)24(27)15-19/h4-15H,2-3H2,1H3. The lowest BCUT2D eigenvalue weighted by molar-refractivity contribution is 0.629. The van der Waals surface area contributed by atoms with E-state index in [0.29, 0.717) is 10.9 Å². The maximum Gasteiger partial charge on any atom is 0.142 e. The summed E-state index contributed by atoms with van der Waals surface area (Å²) in [5, 5.41) is 1.64. The molecule has 4 aromatic rings. The first-order chi connectivity index (χ1) is 13.6. The van der Waals surface area contributed by atoms with E-state index in [1.807, 2.05) is 48.5 Å². The zero-order chi connectivity index (χ0) is 19.7. The van der Waals surface area contributed by atoms with Gasteiger partial charge in [-0.15, -0.1) is 0 Å². The lowest BCUT2D eigenvalue weighted by Crippen LogP contribution is -1.90. The van der Waals surface area contributed by atoms with E-state index in [-0.39, 0.29) is 10.8 Å². The Morgan fingerprint density at radius 3 is 2.18 bits per heavy atom. The molecule has 0 saturated heterocycles. The number of aryl methyl sites for hydroxylation is 1. The van der Waals surface area contributed by atoms with Crippen molar-refractivity contribution in [3.05, 3.63) is 95.0 Å². The Kier molecular flexibility index (Phi) is 5.15. The minimum absolute atomic E-state index is 0.0979. The van der Waals surface area contributed by atoms with Gasteiger partial charge in [0.2, 0.25) is 0 Å². The molecule has 0 amide bonds. The lowest BCUT2D eigenvalue weighted by Gasteiger charge is -2.10. The fourth-order valence-corrected chi connectivity index (χ4v) is 3.64. The maximum atomic E-state index is 15.1. The molecular formula is C25H19ClF2. The zero-order valence-corrected chi connectivity index (χ0v) is 16.2. The molecule has 140 valence electrons. The van der Waals surface area contributed by atoms with Crippen LogP contribution in [0.5, 0.6) is 0 Å². The smallest absolute Gasteiger partial charge is 0.142 e. The molecule has 0 bridgehead atoms. The van der Waals surface area contributed by atoms with Crippen LogP contribution in [0.25, 0.3) is 33.0 Å². The molecule has 0 unspecified atom stereocenters. The summed E-state index contributed by atoms with van der Waals surface area (Å²) in [6.45, 7) is 2.13. The molecule has 4 aromatic carbocycles.